The van der Waals surface area contributed by atoms with Crippen LogP contribution in [-0.4, -0.2) is 7.11 Å². The third-order valence-electron chi connectivity index (χ3n) is 2.28. The molecule has 1 aliphatic rings. The minimum Gasteiger partial charge on any atom is -0.373 e. The second-order valence-corrected chi connectivity index (χ2v) is 4.40. The van der Waals surface area contributed by atoms with Crippen LogP contribution in [0.25, 0.3) is 0 Å². The van der Waals surface area contributed by atoms with Gasteiger partial charge in [0.05, 0.1) is 0 Å². The lowest BCUT2D eigenvalue weighted by Crippen LogP contribution is -2.05. The van der Waals surface area contributed by atoms with Gasteiger partial charge in [-0.05, 0) is 31.9 Å². The molecule has 0 unspecified atom stereocenters. The van der Waals surface area contributed by atoms with E-state index in [2.05, 4.69) is 19.1 Å². The molecule has 0 radical (unpaired) electrons. The molecule has 0 aromatic carbocycles. The summed E-state index contributed by atoms with van der Waals surface area (Å²) in [6, 6.07) is 4.36. The number of ether oxygens (including phenoxy) is 1. The van der Waals surface area contributed by atoms with Gasteiger partial charge in [-0.3, -0.25) is 0 Å². The number of aryl methyl sites for hydroxylation is 1. The fraction of sp³-hybridized carbons (Fsp3) is 0.556. The maximum atomic E-state index is 5.46. The minimum atomic E-state index is 0.124. The average molecular weight is 168 g/mol. The molecular formula is C9H12OS. The van der Waals surface area contributed by atoms with E-state index in [0.29, 0.717) is 0 Å². The van der Waals surface area contributed by atoms with E-state index >= 15 is 0 Å². The zero-order valence-corrected chi connectivity index (χ0v) is 7.70. The van der Waals surface area contributed by atoms with Gasteiger partial charge < -0.3 is 4.74 Å². The Labute approximate surface area is 71.0 Å². The molecule has 0 aliphatic heterocycles. The molecule has 2 rings (SSSR count). The monoisotopic (exact) mass is 168 g/mol. The summed E-state index contributed by atoms with van der Waals surface area (Å²) in [5.41, 5.74) is 0.124. The van der Waals surface area contributed by atoms with Crippen molar-refractivity contribution in [2.24, 2.45) is 0 Å². The Bertz CT molecular complexity index is 260. The number of methoxy groups -OCH3 is 1. The van der Waals surface area contributed by atoms with Crippen LogP contribution < -0.4 is 0 Å². The van der Waals surface area contributed by atoms with E-state index in [-0.39, 0.29) is 5.60 Å². The zero-order valence-electron chi connectivity index (χ0n) is 6.89. The first-order valence-electron chi connectivity index (χ1n) is 3.89. The zero-order chi connectivity index (χ0) is 7.90. The van der Waals surface area contributed by atoms with Crippen LogP contribution in [0.15, 0.2) is 12.1 Å². The second-order valence-electron chi connectivity index (χ2n) is 3.11. The third-order valence-corrected chi connectivity index (χ3v) is 3.47. The van der Waals surface area contributed by atoms with Crippen LogP contribution >= 0.6 is 11.3 Å². The Balaban J connectivity index is 2.29. The summed E-state index contributed by atoms with van der Waals surface area (Å²) in [7, 11) is 1.81. The molecular weight excluding hydrogens is 156 g/mol. The molecule has 1 fully saturated rings. The van der Waals surface area contributed by atoms with Crippen LogP contribution in [0.2, 0.25) is 0 Å². The lowest BCUT2D eigenvalue weighted by Gasteiger charge is -2.09. The molecule has 0 saturated heterocycles. The van der Waals surface area contributed by atoms with Crippen LogP contribution in [0.4, 0.5) is 0 Å². The van der Waals surface area contributed by atoms with Crippen LogP contribution in [-0.2, 0) is 10.3 Å². The lowest BCUT2D eigenvalue weighted by molar-refractivity contribution is 0.0820. The predicted molar refractivity (Wildman–Crippen MR) is 47.0 cm³/mol. The maximum absolute atomic E-state index is 5.46. The molecule has 0 atom stereocenters. The van der Waals surface area contributed by atoms with E-state index in [4.69, 9.17) is 4.74 Å². The Morgan fingerprint density at radius 1 is 1.45 bits per heavy atom. The summed E-state index contributed by atoms with van der Waals surface area (Å²) >= 11 is 1.86. The second kappa shape index (κ2) is 2.32. The van der Waals surface area contributed by atoms with Crippen molar-refractivity contribution in [2.75, 3.05) is 7.11 Å². The highest BCUT2D eigenvalue weighted by atomic mass is 32.1. The smallest absolute Gasteiger partial charge is 0.102 e. The van der Waals surface area contributed by atoms with Crippen LogP contribution in [0.3, 0.4) is 0 Å². The first-order valence-corrected chi connectivity index (χ1v) is 4.70. The number of thiophene rings is 1. The molecule has 1 nitrogen and oxygen atoms in total. The SMILES string of the molecule is COC1(c2ccc(C)s2)CC1. The molecule has 0 bridgehead atoms. The van der Waals surface area contributed by atoms with Crippen molar-refractivity contribution in [1.29, 1.82) is 0 Å². The molecule has 0 spiro atoms. The first kappa shape index (κ1) is 7.32. The van der Waals surface area contributed by atoms with Crippen molar-refractivity contribution in [3.63, 3.8) is 0 Å². The quantitative estimate of drug-likeness (QED) is 0.659. The lowest BCUT2D eigenvalue weighted by atomic mass is 10.3. The van der Waals surface area contributed by atoms with Crippen LogP contribution in [0.1, 0.15) is 22.6 Å². The first-order chi connectivity index (χ1) is 5.27. The van der Waals surface area contributed by atoms with Crippen molar-refractivity contribution in [3.8, 4) is 0 Å². The Kier molecular flexibility index (Phi) is 1.55. The fourth-order valence-electron chi connectivity index (χ4n) is 1.34. The maximum Gasteiger partial charge on any atom is 0.102 e. The Hall–Kier alpha value is -0.340. The van der Waals surface area contributed by atoms with Gasteiger partial charge in [-0.15, -0.1) is 11.3 Å². The van der Waals surface area contributed by atoms with Crippen molar-refractivity contribution < 1.29 is 4.74 Å². The molecule has 1 aliphatic carbocycles. The summed E-state index contributed by atoms with van der Waals surface area (Å²) in [4.78, 5) is 2.78. The highest BCUT2D eigenvalue weighted by molar-refractivity contribution is 7.12. The molecule has 0 N–H and O–H groups in total. The standard InChI is InChI=1S/C9H12OS/c1-7-3-4-8(11-7)9(10-2)5-6-9/h3-4H,5-6H2,1-2H3. The van der Waals surface area contributed by atoms with Gasteiger partial charge in [0.15, 0.2) is 0 Å². The van der Waals surface area contributed by atoms with Gasteiger partial charge in [0.2, 0.25) is 0 Å². The Morgan fingerprint density at radius 2 is 2.18 bits per heavy atom. The van der Waals surface area contributed by atoms with E-state index in [1.165, 1.54) is 22.6 Å². The van der Waals surface area contributed by atoms with Crippen LogP contribution in [0.5, 0.6) is 0 Å². The average Bonchev–Trinajstić information content (AvgIpc) is 2.70. The molecule has 1 aromatic heterocycles. The van der Waals surface area contributed by atoms with Crippen molar-refractivity contribution in [2.45, 2.75) is 25.4 Å². The van der Waals surface area contributed by atoms with Gasteiger partial charge >= 0.3 is 0 Å². The molecule has 1 heterocycles. The number of hydrogen-bond acceptors (Lipinski definition) is 2. The summed E-state index contributed by atoms with van der Waals surface area (Å²) in [5, 5.41) is 0. The van der Waals surface area contributed by atoms with E-state index in [1.54, 1.807) is 0 Å². The van der Waals surface area contributed by atoms with Crippen molar-refractivity contribution >= 4 is 11.3 Å². The van der Waals surface area contributed by atoms with E-state index < -0.39 is 0 Å². The minimum absolute atomic E-state index is 0.124. The molecule has 1 aromatic rings. The summed E-state index contributed by atoms with van der Waals surface area (Å²) in [6.45, 7) is 2.14. The highest BCUT2D eigenvalue weighted by Gasteiger charge is 2.45. The van der Waals surface area contributed by atoms with E-state index in [9.17, 15) is 0 Å². The predicted octanol–water partition coefficient (Wildman–Crippen LogP) is 2.69. The molecule has 0 amide bonds. The van der Waals surface area contributed by atoms with E-state index in [0.717, 1.165) is 0 Å². The third kappa shape index (κ3) is 1.10. The fourth-order valence-corrected chi connectivity index (χ4v) is 2.44. The molecule has 60 valence electrons. The van der Waals surface area contributed by atoms with Gasteiger partial charge in [-0.2, -0.15) is 0 Å². The van der Waals surface area contributed by atoms with E-state index in [1.807, 2.05) is 18.4 Å². The topological polar surface area (TPSA) is 9.23 Å². The van der Waals surface area contributed by atoms with Gasteiger partial charge in [0.25, 0.3) is 0 Å². The van der Waals surface area contributed by atoms with Gasteiger partial charge in [0, 0.05) is 16.9 Å². The Morgan fingerprint density at radius 3 is 2.55 bits per heavy atom. The normalized spacial score (nSPS) is 20.2. The van der Waals surface area contributed by atoms with Gasteiger partial charge in [-0.25, -0.2) is 0 Å². The molecule has 1 saturated carbocycles. The molecule has 11 heavy (non-hydrogen) atoms. The summed E-state index contributed by atoms with van der Waals surface area (Å²) < 4.78 is 5.46. The summed E-state index contributed by atoms with van der Waals surface area (Å²) in [6.07, 6.45) is 2.40. The van der Waals surface area contributed by atoms with Crippen molar-refractivity contribution in [1.82, 2.24) is 0 Å². The van der Waals surface area contributed by atoms with Gasteiger partial charge in [0.1, 0.15) is 5.60 Å². The van der Waals surface area contributed by atoms with Crippen LogP contribution in [0, 0.1) is 6.92 Å². The van der Waals surface area contributed by atoms with Crippen molar-refractivity contribution in [3.05, 3.63) is 21.9 Å². The largest absolute Gasteiger partial charge is 0.373 e. The summed E-state index contributed by atoms with van der Waals surface area (Å²) in [5.74, 6) is 0. The van der Waals surface area contributed by atoms with Gasteiger partial charge in [-0.1, -0.05) is 0 Å². The molecule has 2 heteroatoms. The number of rotatable bonds is 2. The highest BCUT2D eigenvalue weighted by Crippen LogP contribution is 2.50. The number of hydrogen-bond donors (Lipinski definition) is 0.